The van der Waals surface area contributed by atoms with Gasteiger partial charge < -0.3 is 20.1 Å². The topological polar surface area (TPSA) is 101 Å². The Labute approximate surface area is 182 Å². The molecule has 2 heterocycles. The monoisotopic (exact) mass is 532 g/mol. The van der Waals surface area contributed by atoms with Crippen LogP contribution in [0.4, 0.5) is 0 Å². The van der Waals surface area contributed by atoms with Gasteiger partial charge >= 0.3 is 0 Å². The highest BCUT2D eigenvalue weighted by Gasteiger charge is 2.15. The number of rotatable bonds is 11. The average molecular weight is 532 g/mol. The van der Waals surface area contributed by atoms with Crippen molar-refractivity contribution in [3.63, 3.8) is 0 Å². The molecule has 27 heavy (non-hydrogen) atoms. The van der Waals surface area contributed by atoms with Crippen molar-refractivity contribution >= 4 is 51.3 Å². The summed E-state index contributed by atoms with van der Waals surface area (Å²) in [5, 5.41) is 7.99. The van der Waals surface area contributed by atoms with Crippen molar-refractivity contribution in [2.24, 2.45) is 4.99 Å². The predicted octanol–water partition coefficient (Wildman–Crippen LogP) is 1.40. The molecule has 11 heteroatoms. The number of hydrogen-bond acceptors (Lipinski definition) is 6. The fraction of sp³-hybridized carbons (Fsp3) is 0.688. The van der Waals surface area contributed by atoms with Crippen molar-refractivity contribution in [3.8, 4) is 0 Å². The third-order valence-corrected chi connectivity index (χ3v) is 6.64. The van der Waals surface area contributed by atoms with Crippen LogP contribution in [0.1, 0.15) is 19.3 Å². The van der Waals surface area contributed by atoms with Crippen molar-refractivity contribution in [1.29, 1.82) is 0 Å². The highest BCUT2D eigenvalue weighted by molar-refractivity contribution is 14.0. The summed E-state index contributed by atoms with van der Waals surface area (Å²) in [6.45, 7) is 3.64. The first-order chi connectivity index (χ1) is 12.6. The van der Waals surface area contributed by atoms with Crippen molar-refractivity contribution < 1.29 is 17.9 Å². The van der Waals surface area contributed by atoms with Crippen LogP contribution < -0.4 is 15.4 Å². The molecule has 156 valence electrons. The lowest BCUT2D eigenvalue weighted by molar-refractivity contribution is 0.0168. The van der Waals surface area contributed by atoms with Crippen molar-refractivity contribution in [3.05, 3.63) is 17.5 Å². The van der Waals surface area contributed by atoms with Crippen LogP contribution in [0.3, 0.4) is 0 Å². The minimum atomic E-state index is -3.41. The van der Waals surface area contributed by atoms with Crippen LogP contribution >= 0.6 is 35.3 Å². The molecule has 0 radical (unpaired) electrons. The summed E-state index contributed by atoms with van der Waals surface area (Å²) in [6, 6.07) is 3.30. The molecule has 1 aliphatic heterocycles. The van der Waals surface area contributed by atoms with Gasteiger partial charge in [0, 0.05) is 39.9 Å². The molecule has 1 unspecified atom stereocenters. The van der Waals surface area contributed by atoms with Crippen LogP contribution in [0.5, 0.6) is 0 Å². The maximum absolute atomic E-state index is 12.0. The number of hydrogen-bond donors (Lipinski definition) is 3. The van der Waals surface area contributed by atoms with Crippen LogP contribution in [0.2, 0.25) is 0 Å². The van der Waals surface area contributed by atoms with E-state index in [9.17, 15) is 8.42 Å². The van der Waals surface area contributed by atoms with Gasteiger partial charge in [-0.3, -0.25) is 4.99 Å². The van der Waals surface area contributed by atoms with Crippen LogP contribution in [0.25, 0.3) is 0 Å². The standard InChI is InChI=1S/C16H28N4O4S2.HI/c1-17-16(18-7-4-10-23-13-14-5-2-11-24-14)19-8-9-20-26(21,22)15-6-3-12-25-15;/h3,6,12,14,20H,2,4-5,7-11,13H2,1H3,(H2,17,18,19);1H. The zero-order valence-electron chi connectivity index (χ0n) is 15.5. The smallest absolute Gasteiger partial charge is 0.250 e. The van der Waals surface area contributed by atoms with Crippen molar-refractivity contribution in [2.45, 2.75) is 29.6 Å². The van der Waals surface area contributed by atoms with Crippen molar-refractivity contribution in [2.75, 3.05) is 46.5 Å². The van der Waals surface area contributed by atoms with Gasteiger partial charge in [-0.1, -0.05) is 6.07 Å². The molecular weight excluding hydrogens is 503 g/mol. The van der Waals surface area contributed by atoms with E-state index in [2.05, 4.69) is 20.3 Å². The Bertz CT molecular complexity index is 635. The SMILES string of the molecule is CN=C(NCCCOCC1CCCO1)NCCNS(=O)(=O)c1cccs1.I. The van der Waals surface area contributed by atoms with Gasteiger partial charge in [0.05, 0.1) is 12.7 Å². The number of ether oxygens (including phenoxy) is 2. The van der Waals surface area contributed by atoms with Crippen LogP contribution in [-0.2, 0) is 19.5 Å². The number of nitrogens with one attached hydrogen (secondary N) is 3. The molecule has 1 saturated heterocycles. The maximum atomic E-state index is 12.0. The number of halogens is 1. The summed E-state index contributed by atoms with van der Waals surface area (Å²) >= 11 is 1.20. The number of sulfonamides is 1. The van der Waals surface area contributed by atoms with E-state index in [0.29, 0.717) is 29.9 Å². The third kappa shape index (κ3) is 9.52. The molecule has 0 saturated carbocycles. The molecular formula is C16H29IN4O4S2. The predicted molar refractivity (Wildman–Crippen MR) is 119 cm³/mol. The highest BCUT2D eigenvalue weighted by atomic mass is 127. The third-order valence-electron chi connectivity index (χ3n) is 3.78. The molecule has 1 fully saturated rings. The maximum Gasteiger partial charge on any atom is 0.250 e. The summed E-state index contributed by atoms with van der Waals surface area (Å²) in [6.07, 6.45) is 3.33. The first kappa shape index (κ1) is 24.6. The minimum Gasteiger partial charge on any atom is -0.379 e. The summed E-state index contributed by atoms with van der Waals surface area (Å²) in [5.74, 6) is 0.638. The van der Waals surface area contributed by atoms with E-state index in [1.165, 1.54) is 11.3 Å². The summed E-state index contributed by atoms with van der Waals surface area (Å²) in [5.41, 5.74) is 0. The molecule has 1 aromatic heterocycles. The minimum absolute atomic E-state index is 0. The van der Waals surface area contributed by atoms with Crippen LogP contribution in [0, 0.1) is 0 Å². The quantitative estimate of drug-likeness (QED) is 0.173. The van der Waals surface area contributed by atoms with Gasteiger partial charge in [-0.05, 0) is 30.7 Å². The van der Waals surface area contributed by atoms with Crippen LogP contribution in [0.15, 0.2) is 26.7 Å². The zero-order valence-corrected chi connectivity index (χ0v) is 19.4. The van der Waals surface area contributed by atoms with E-state index in [1.54, 1.807) is 24.6 Å². The lowest BCUT2D eigenvalue weighted by Crippen LogP contribution is -2.41. The van der Waals surface area contributed by atoms with E-state index in [-0.39, 0.29) is 36.6 Å². The molecule has 1 aliphatic rings. The van der Waals surface area contributed by atoms with Gasteiger partial charge in [0.2, 0.25) is 10.0 Å². The van der Waals surface area contributed by atoms with E-state index in [1.807, 2.05) is 0 Å². The first-order valence-corrected chi connectivity index (χ1v) is 11.1. The molecule has 3 N–H and O–H groups in total. The Balaban J connectivity index is 0.00000364. The Morgan fingerprint density at radius 1 is 1.37 bits per heavy atom. The molecule has 2 rings (SSSR count). The number of nitrogens with zero attached hydrogens (tertiary/aromatic N) is 1. The molecule has 8 nitrogen and oxygen atoms in total. The van der Waals surface area contributed by atoms with Gasteiger partial charge in [-0.25, -0.2) is 13.1 Å². The molecule has 0 spiro atoms. The fourth-order valence-electron chi connectivity index (χ4n) is 2.45. The largest absolute Gasteiger partial charge is 0.379 e. The number of guanidine groups is 1. The number of aliphatic imine (C=N–C) groups is 1. The summed E-state index contributed by atoms with van der Waals surface area (Å²) < 4.78 is 37.9. The Morgan fingerprint density at radius 2 is 2.19 bits per heavy atom. The van der Waals surface area contributed by atoms with E-state index >= 15 is 0 Å². The summed E-state index contributed by atoms with van der Waals surface area (Å²) in [4.78, 5) is 4.11. The zero-order chi connectivity index (χ0) is 18.7. The second-order valence-electron chi connectivity index (χ2n) is 5.82. The van der Waals surface area contributed by atoms with Gasteiger partial charge in [0.15, 0.2) is 5.96 Å². The van der Waals surface area contributed by atoms with Gasteiger partial charge in [-0.15, -0.1) is 35.3 Å². The van der Waals surface area contributed by atoms with E-state index in [0.717, 1.165) is 32.4 Å². The van der Waals surface area contributed by atoms with E-state index < -0.39 is 10.0 Å². The second-order valence-corrected chi connectivity index (χ2v) is 8.76. The Morgan fingerprint density at radius 3 is 2.85 bits per heavy atom. The fourth-order valence-corrected chi connectivity index (χ4v) is 4.52. The van der Waals surface area contributed by atoms with E-state index in [4.69, 9.17) is 9.47 Å². The van der Waals surface area contributed by atoms with Gasteiger partial charge in [0.1, 0.15) is 4.21 Å². The Kier molecular flexibility index (Phi) is 12.4. The number of thiophene rings is 1. The molecule has 0 aliphatic carbocycles. The molecule has 1 atom stereocenters. The normalized spacial score (nSPS) is 17.5. The van der Waals surface area contributed by atoms with Crippen LogP contribution in [-0.4, -0.2) is 67.0 Å². The van der Waals surface area contributed by atoms with Gasteiger partial charge in [0.25, 0.3) is 0 Å². The Hall–Kier alpha value is -0.470. The van der Waals surface area contributed by atoms with Crippen molar-refractivity contribution in [1.82, 2.24) is 15.4 Å². The first-order valence-electron chi connectivity index (χ1n) is 8.79. The lowest BCUT2D eigenvalue weighted by atomic mass is 10.2. The molecule has 0 bridgehead atoms. The molecule has 0 aromatic carbocycles. The van der Waals surface area contributed by atoms with Gasteiger partial charge in [-0.2, -0.15) is 0 Å². The second kappa shape index (κ2) is 13.7. The molecule has 1 aromatic rings. The molecule has 0 amide bonds. The highest BCUT2D eigenvalue weighted by Crippen LogP contribution is 2.14. The average Bonchev–Trinajstić information content (AvgIpc) is 3.33. The lowest BCUT2D eigenvalue weighted by Gasteiger charge is -2.13. The summed E-state index contributed by atoms with van der Waals surface area (Å²) in [7, 11) is -1.73.